The minimum absolute atomic E-state index is 0.937. The van der Waals surface area contributed by atoms with Crippen LogP contribution in [0.3, 0.4) is 0 Å². The first kappa shape index (κ1) is 11.6. The monoisotopic (exact) mass is 245 g/mol. The van der Waals surface area contributed by atoms with Gasteiger partial charge in [0.1, 0.15) is 11.3 Å². The predicted octanol–water partition coefficient (Wildman–Crippen LogP) is 3.35. The normalized spacial score (nSPS) is 16.6. The van der Waals surface area contributed by atoms with E-state index in [0.717, 1.165) is 23.4 Å². The summed E-state index contributed by atoms with van der Waals surface area (Å²) < 4.78 is 11.0. The fraction of sp³-hybridized carbons (Fsp3) is 0.467. The molecule has 0 unspecified atom stereocenters. The van der Waals surface area contributed by atoms with Crippen LogP contribution in [0.4, 0.5) is 0 Å². The van der Waals surface area contributed by atoms with Crippen molar-refractivity contribution in [2.75, 3.05) is 20.2 Å². The highest BCUT2D eigenvalue weighted by atomic mass is 16.5. The number of hydrogen-bond acceptors (Lipinski definition) is 3. The van der Waals surface area contributed by atoms with E-state index in [1.807, 2.05) is 13.2 Å². The number of furan rings is 1. The van der Waals surface area contributed by atoms with Crippen molar-refractivity contribution in [3.63, 3.8) is 0 Å². The molecule has 0 spiro atoms. The van der Waals surface area contributed by atoms with Crippen LogP contribution in [-0.2, 0) is 6.54 Å². The number of methoxy groups -OCH3 is 1. The molecule has 0 bridgehead atoms. The van der Waals surface area contributed by atoms with Crippen LogP contribution in [0.2, 0.25) is 0 Å². The molecule has 0 N–H and O–H groups in total. The van der Waals surface area contributed by atoms with Gasteiger partial charge in [-0.2, -0.15) is 0 Å². The second kappa shape index (κ2) is 4.65. The average Bonchev–Trinajstić information content (AvgIpc) is 2.99. The maximum atomic E-state index is 5.66. The first-order valence-electron chi connectivity index (χ1n) is 6.55. The molecule has 0 radical (unpaired) electrons. The van der Waals surface area contributed by atoms with Crippen molar-refractivity contribution in [3.05, 3.63) is 29.5 Å². The van der Waals surface area contributed by atoms with Gasteiger partial charge in [0.05, 0.1) is 13.4 Å². The smallest absolute Gasteiger partial charge is 0.134 e. The van der Waals surface area contributed by atoms with Crippen LogP contribution in [0, 0.1) is 6.92 Å². The molecule has 0 atom stereocenters. The first-order chi connectivity index (χ1) is 8.78. The van der Waals surface area contributed by atoms with E-state index in [4.69, 9.17) is 9.15 Å². The molecule has 0 amide bonds. The highest BCUT2D eigenvalue weighted by Crippen LogP contribution is 2.30. The van der Waals surface area contributed by atoms with Crippen molar-refractivity contribution in [2.45, 2.75) is 26.3 Å². The number of hydrogen-bond donors (Lipinski definition) is 0. The molecular weight excluding hydrogens is 226 g/mol. The maximum Gasteiger partial charge on any atom is 0.134 e. The zero-order valence-corrected chi connectivity index (χ0v) is 11.0. The molecule has 1 aromatic carbocycles. The summed E-state index contributed by atoms with van der Waals surface area (Å²) in [5, 5.41) is 1.18. The van der Waals surface area contributed by atoms with Crippen LogP contribution < -0.4 is 4.74 Å². The number of likely N-dealkylation sites (tertiary alicyclic amines) is 1. The number of rotatable bonds is 3. The summed E-state index contributed by atoms with van der Waals surface area (Å²) in [5.74, 6) is 0.937. The average molecular weight is 245 g/mol. The summed E-state index contributed by atoms with van der Waals surface area (Å²) in [7, 11) is 1.72. The van der Waals surface area contributed by atoms with E-state index in [1.54, 1.807) is 7.11 Å². The summed E-state index contributed by atoms with van der Waals surface area (Å²) >= 11 is 0. The maximum absolute atomic E-state index is 5.66. The molecule has 3 nitrogen and oxygen atoms in total. The molecule has 1 aromatic heterocycles. The highest BCUT2D eigenvalue weighted by molar-refractivity contribution is 5.83. The lowest BCUT2D eigenvalue weighted by Gasteiger charge is -2.13. The summed E-state index contributed by atoms with van der Waals surface area (Å²) in [5.41, 5.74) is 3.35. The van der Waals surface area contributed by atoms with Crippen LogP contribution in [0.1, 0.15) is 24.0 Å². The fourth-order valence-electron chi connectivity index (χ4n) is 2.73. The Morgan fingerprint density at radius 3 is 2.78 bits per heavy atom. The van der Waals surface area contributed by atoms with Crippen molar-refractivity contribution in [3.8, 4) is 5.75 Å². The Hall–Kier alpha value is -1.48. The van der Waals surface area contributed by atoms with E-state index in [0.29, 0.717) is 0 Å². The molecule has 0 aliphatic carbocycles. The Morgan fingerprint density at radius 2 is 2.06 bits per heavy atom. The Morgan fingerprint density at radius 1 is 1.28 bits per heavy atom. The summed E-state index contributed by atoms with van der Waals surface area (Å²) in [6, 6.07) is 4.15. The van der Waals surface area contributed by atoms with Crippen LogP contribution in [0.25, 0.3) is 11.0 Å². The first-order valence-corrected chi connectivity index (χ1v) is 6.55. The van der Waals surface area contributed by atoms with Gasteiger partial charge in [0.2, 0.25) is 0 Å². The quantitative estimate of drug-likeness (QED) is 0.829. The van der Waals surface area contributed by atoms with Crippen molar-refractivity contribution in [2.24, 2.45) is 0 Å². The standard InChI is InChI=1S/C15H19NO2/c1-11-7-15-13(8-14(11)17-2)12(10-18-15)9-16-5-3-4-6-16/h7-8,10H,3-6,9H2,1-2H3. The molecule has 1 saturated heterocycles. The van der Waals surface area contributed by atoms with Crippen molar-refractivity contribution < 1.29 is 9.15 Å². The lowest BCUT2D eigenvalue weighted by Crippen LogP contribution is -2.17. The fourth-order valence-corrected chi connectivity index (χ4v) is 2.73. The molecular formula is C15H19NO2. The van der Waals surface area contributed by atoms with E-state index in [9.17, 15) is 0 Å². The molecule has 1 aliphatic heterocycles. The summed E-state index contributed by atoms with van der Waals surface area (Å²) in [6.07, 6.45) is 4.53. The molecule has 0 saturated carbocycles. The van der Waals surface area contributed by atoms with E-state index in [2.05, 4.69) is 17.0 Å². The molecule has 18 heavy (non-hydrogen) atoms. The number of fused-ring (bicyclic) bond motifs is 1. The molecule has 3 rings (SSSR count). The second-order valence-corrected chi connectivity index (χ2v) is 5.06. The van der Waals surface area contributed by atoms with Crippen molar-refractivity contribution in [1.29, 1.82) is 0 Å². The van der Waals surface area contributed by atoms with Gasteiger partial charge in [-0.15, -0.1) is 0 Å². The lowest BCUT2D eigenvalue weighted by atomic mass is 10.1. The third-order valence-corrected chi connectivity index (χ3v) is 3.76. The van der Waals surface area contributed by atoms with E-state index in [1.165, 1.54) is 36.9 Å². The molecule has 1 aliphatic rings. The number of nitrogens with zero attached hydrogens (tertiary/aromatic N) is 1. The van der Waals surface area contributed by atoms with Gasteiger partial charge in [0.15, 0.2) is 0 Å². The second-order valence-electron chi connectivity index (χ2n) is 5.06. The zero-order chi connectivity index (χ0) is 12.5. The Bertz CT molecular complexity index is 553. The topological polar surface area (TPSA) is 25.6 Å². The van der Waals surface area contributed by atoms with Crippen LogP contribution in [0.5, 0.6) is 5.75 Å². The van der Waals surface area contributed by atoms with Gasteiger partial charge >= 0.3 is 0 Å². The third kappa shape index (κ3) is 1.99. The van der Waals surface area contributed by atoms with E-state index in [-0.39, 0.29) is 0 Å². The summed E-state index contributed by atoms with van der Waals surface area (Å²) in [4.78, 5) is 2.48. The Balaban J connectivity index is 1.96. The Kier molecular flexibility index (Phi) is 3.00. The molecule has 3 heteroatoms. The van der Waals surface area contributed by atoms with Gasteiger partial charge in [0.25, 0.3) is 0 Å². The SMILES string of the molecule is COc1cc2c(CN3CCCC3)coc2cc1C. The minimum atomic E-state index is 0.937. The van der Waals surface area contributed by atoms with Gasteiger partial charge in [0, 0.05) is 17.5 Å². The van der Waals surface area contributed by atoms with Crippen molar-refractivity contribution in [1.82, 2.24) is 4.90 Å². The molecule has 96 valence electrons. The van der Waals surface area contributed by atoms with Crippen LogP contribution in [0.15, 0.2) is 22.8 Å². The van der Waals surface area contributed by atoms with Gasteiger partial charge in [-0.1, -0.05) is 0 Å². The minimum Gasteiger partial charge on any atom is -0.496 e. The number of benzene rings is 1. The zero-order valence-electron chi connectivity index (χ0n) is 11.0. The van der Waals surface area contributed by atoms with Crippen LogP contribution >= 0.6 is 0 Å². The van der Waals surface area contributed by atoms with Gasteiger partial charge < -0.3 is 9.15 Å². The summed E-state index contributed by atoms with van der Waals surface area (Å²) in [6.45, 7) is 5.44. The number of ether oxygens (including phenoxy) is 1. The Labute approximate surface area is 107 Å². The molecule has 1 fully saturated rings. The lowest BCUT2D eigenvalue weighted by molar-refractivity contribution is 0.331. The number of aryl methyl sites for hydroxylation is 1. The molecule has 2 aromatic rings. The van der Waals surface area contributed by atoms with E-state index >= 15 is 0 Å². The highest BCUT2D eigenvalue weighted by Gasteiger charge is 2.15. The van der Waals surface area contributed by atoms with Gasteiger partial charge in [-0.3, -0.25) is 4.90 Å². The van der Waals surface area contributed by atoms with Crippen molar-refractivity contribution >= 4 is 11.0 Å². The van der Waals surface area contributed by atoms with E-state index < -0.39 is 0 Å². The van der Waals surface area contributed by atoms with Gasteiger partial charge in [-0.05, 0) is 50.6 Å². The third-order valence-electron chi connectivity index (χ3n) is 3.76. The largest absolute Gasteiger partial charge is 0.496 e. The van der Waals surface area contributed by atoms with Crippen LogP contribution in [-0.4, -0.2) is 25.1 Å². The van der Waals surface area contributed by atoms with Gasteiger partial charge in [-0.25, -0.2) is 0 Å². The molecule has 2 heterocycles. The predicted molar refractivity (Wildman–Crippen MR) is 72.0 cm³/mol.